The third kappa shape index (κ3) is 3.18. The van der Waals surface area contributed by atoms with E-state index in [9.17, 15) is 13.6 Å². The van der Waals surface area contributed by atoms with Gasteiger partial charge in [-0.15, -0.1) is 21.5 Å². The maximum absolute atomic E-state index is 12.7. The Kier molecular flexibility index (Phi) is 4.39. The van der Waals surface area contributed by atoms with Gasteiger partial charge in [0, 0.05) is 5.39 Å². The second-order valence-electron chi connectivity index (χ2n) is 5.25. The highest BCUT2D eigenvalue weighted by Gasteiger charge is 2.18. The predicted octanol–water partition coefficient (Wildman–Crippen LogP) is 5.00. The molecular weight excluding hydrogens is 378 g/mol. The highest BCUT2D eigenvalue weighted by atomic mass is 32.1. The molecule has 26 heavy (non-hydrogen) atoms. The Morgan fingerprint density at radius 2 is 1.96 bits per heavy atom. The fourth-order valence-corrected chi connectivity index (χ4v) is 3.73. The number of fused-ring (bicyclic) bond motifs is 1. The van der Waals surface area contributed by atoms with E-state index in [-0.39, 0.29) is 5.13 Å². The molecule has 0 bridgehead atoms. The Hall–Kier alpha value is -2.78. The van der Waals surface area contributed by atoms with Crippen LogP contribution < -0.4 is 5.32 Å². The normalized spacial score (nSPS) is 11.2. The third-order valence-corrected chi connectivity index (χ3v) is 5.32. The molecule has 130 valence electrons. The Balaban J connectivity index is 1.75. The molecule has 4 aromatic rings. The van der Waals surface area contributed by atoms with Gasteiger partial charge in [0.15, 0.2) is 5.01 Å². The Morgan fingerprint density at radius 3 is 2.69 bits per heavy atom. The van der Waals surface area contributed by atoms with Gasteiger partial charge >= 0.3 is 0 Å². The lowest BCUT2D eigenvalue weighted by molar-refractivity contribution is 0.102. The fourth-order valence-electron chi connectivity index (χ4n) is 2.45. The zero-order valence-electron chi connectivity index (χ0n) is 13.0. The van der Waals surface area contributed by atoms with E-state index in [1.165, 1.54) is 11.3 Å². The number of nitrogens with one attached hydrogen (secondary N) is 1. The topological polar surface area (TPSA) is 67.8 Å². The number of carbonyl (C=O) groups excluding carboxylic acids is 1. The number of alkyl halides is 2. The summed E-state index contributed by atoms with van der Waals surface area (Å²) in [7, 11) is 0. The van der Waals surface area contributed by atoms with E-state index in [4.69, 9.17) is 0 Å². The first kappa shape index (κ1) is 16.7. The molecule has 1 N–H and O–H groups in total. The third-order valence-electron chi connectivity index (χ3n) is 3.58. The molecule has 0 radical (unpaired) electrons. The largest absolute Gasteiger partial charge is 0.296 e. The molecule has 0 atom stereocenters. The number of rotatable bonds is 4. The summed E-state index contributed by atoms with van der Waals surface area (Å²) in [5.74, 6) is -0.446. The van der Waals surface area contributed by atoms with Crippen molar-refractivity contribution < 1.29 is 13.6 Å². The lowest BCUT2D eigenvalue weighted by Gasteiger charge is -2.08. The van der Waals surface area contributed by atoms with Crippen LogP contribution in [-0.2, 0) is 0 Å². The van der Waals surface area contributed by atoms with E-state index >= 15 is 0 Å². The molecule has 0 aliphatic rings. The number of thiophene rings is 1. The number of aromatic nitrogens is 3. The van der Waals surface area contributed by atoms with Gasteiger partial charge in [0.2, 0.25) is 5.13 Å². The van der Waals surface area contributed by atoms with Gasteiger partial charge in [-0.3, -0.25) is 10.1 Å². The number of hydrogen-bond acceptors (Lipinski definition) is 6. The van der Waals surface area contributed by atoms with E-state index in [2.05, 4.69) is 20.5 Å². The van der Waals surface area contributed by atoms with Crippen LogP contribution in [0.2, 0.25) is 0 Å². The standard InChI is InChI=1S/C17H10F2N4OS2/c18-14(19)16-22-23-17(26-16)21-15(24)10-8-12(13-6-3-7-25-13)20-11-5-2-1-4-9(10)11/h1-8,14H,(H,21,23,24). The van der Waals surface area contributed by atoms with E-state index in [1.54, 1.807) is 12.1 Å². The van der Waals surface area contributed by atoms with Gasteiger partial charge in [0.25, 0.3) is 12.3 Å². The van der Waals surface area contributed by atoms with Gasteiger partial charge in [-0.2, -0.15) is 0 Å². The lowest BCUT2D eigenvalue weighted by atomic mass is 10.1. The Morgan fingerprint density at radius 1 is 1.12 bits per heavy atom. The zero-order chi connectivity index (χ0) is 18.1. The quantitative estimate of drug-likeness (QED) is 0.534. The predicted molar refractivity (Wildman–Crippen MR) is 97.9 cm³/mol. The van der Waals surface area contributed by atoms with Crippen molar-refractivity contribution >= 4 is 44.6 Å². The molecule has 0 fully saturated rings. The number of halogens is 2. The minimum absolute atomic E-state index is 0.0314. The van der Waals surface area contributed by atoms with Crippen molar-refractivity contribution in [2.45, 2.75) is 6.43 Å². The molecule has 4 rings (SSSR count). The average molecular weight is 388 g/mol. The second-order valence-corrected chi connectivity index (χ2v) is 7.21. The first-order valence-electron chi connectivity index (χ1n) is 7.48. The van der Waals surface area contributed by atoms with E-state index in [0.717, 1.165) is 4.88 Å². The molecule has 1 amide bonds. The number of carbonyl (C=O) groups is 1. The molecule has 0 aliphatic heterocycles. The Bertz CT molecular complexity index is 1080. The van der Waals surface area contributed by atoms with E-state index in [0.29, 0.717) is 33.5 Å². The molecule has 1 aromatic carbocycles. The van der Waals surface area contributed by atoms with Crippen molar-refractivity contribution in [1.29, 1.82) is 0 Å². The van der Waals surface area contributed by atoms with Gasteiger partial charge in [-0.1, -0.05) is 35.6 Å². The Labute approximate surface area is 154 Å². The van der Waals surface area contributed by atoms with Crippen LogP contribution in [0.15, 0.2) is 47.8 Å². The van der Waals surface area contributed by atoms with Crippen LogP contribution in [0.3, 0.4) is 0 Å². The number of benzene rings is 1. The van der Waals surface area contributed by atoms with Gasteiger partial charge in [0.05, 0.1) is 21.7 Å². The zero-order valence-corrected chi connectivity index (χ0v) is 14.7. The van der Waals surface area contributed by atoms with Crippen LogP contribution in [0.25, 0.3) is 21.5 Å². The van der Waals surface area contributed by atoms with E-state index in [1.807, 2.05) is 35.7 Å². The average Bonchev–Trinajstić information content (AvgIpc) is 3.32. The number of hydrogen-bond donors (Lipinski definition) is 1. The maximum atomic E-state index is 12.7. The molecule has 0 spiro atoms. The van der Waals surface area contributed by atoms with Crippen LogP contribution in [0.4, 0.5) is 13.9 Å². The molecule has 3 heterocycles. The minimum atomic E-state index is -2.72. The van der Waals surface area contributed by atoms with Crippen LogP contribution in [0.5, 0.6) is 0 Å². The van der Waals surface area contributed by atoms with Gasteiger partial charge in [0.1, 0.15) is 0 Å². The number of anilines is 1. The fraction of sp³-hybridized carbons (Fsp3) is 0.0588. The number of para-hydroxylation sites is 1. The molecule has 0 aliphatic carbocycles. The van der Waals surface area contributed by atoms with Crippen molar-refractivity contribution in [3.05, 3.63) is 58.4 Å². The van der Waals surface area contributed by atoms with Crippen molar-refractivity contribution in [1.82, 2.24) is 15.2 Å². The molecule has 3 aromatic heterocycles. The molecular formula is C17H10F2N4OS2. The summed E-state index contributed by atoms with van der Waals surface area (Å²) in [5, 5.41) is 11.7. The monoisotopic (exact) mass is 388 g/mol. The van der Waals surface area contributed by atoms with Crippen molar-refractivity contribution in [3.63, 3.8) is 0 Å². The number of pyridine rings is 1. The molecule has 0 unspecified atom stereocenters. The highest BCUT2D eigenvalue weighted by Crippen LogP contribution is 2.29. The summed E-state index contributed by atoms with van der Waals surface area (Å²) in [6.45, 7) is 0. The highest BCUT2D eigenvalue weighted by molar-refractivity contribution is 7.15. The van der Waals surface area contributed by atoms with Crippen molar-refractivity contribution in [2.24, 2.45) is 0 Å². The van der Waals surface area contributed by atoms with Crippen LogP contribution in [0.1, 0.15) is 21.8 Å². The summed E-state index contributed by atoms with van der Waals surface area (Å²) in [6, 6.07) is 12.8. The van der Waals surface area contributed by atoms with Crippen LogP contribution in [0, 0.1) is 0 Å². The summed E-state index contributed by atoms with van der Waals surface area (Å²) >= 11 is 2.17. The summed E-state index contributed by atoms with van der Waals surface area (Å²) < 4.78 is 25.3. The SMILES string of the molecule is O=C(Nc1nnc(C(F)F)s1)c1cc(-c2cccs2)nc2ccccc12. The van der Waals surface area contributed by atoms with Crippen LogP contribution in [-0.4, -0.2) is 21.1 Å². The first-order chi connectivity index (χ1) is 12.6. The van der Waals surface area contributed by atoms with Crippen molar-refractivity contribution in [2.75, 3.05) is 5.32 Å². The summed E-state index contributed by atoms with van der Waals surface area (Å²) in [6.07, 6.45) is -2.72. The summed E-state index contributed by atoms with van der Waals surface area (Å²) in [4.78, 5) is 18.3. The van der Waals surface area contributed by atoms with Gasteiger partial charge in [-0.05, 0) is 23.6 Å². The molecule has 5 nitrogen and oxygen atoms in total. The maximum Gasteiger partial charge on any atom is 0.291 e. The van der Waals surface area contributed by atoms with Crippen LogP contribution >= 0.6 is 22.7 Å². The first-order valence-corrected chi connectivity index (χ1v) is 9.18. The molecule has 9 heteroatoms. The molecule has 0 saturated carbocycles. The smallest absolute Gasteiger partial charge is 0.291 e. The summed E-state index contributed by atoms with van der Waals surface area (Å²) in [5.41, 5.74) is 1.75. The van der Waals surface area contributed by atoms with Crippen molar-refractivity contribution in [3.8, 4) is 10.6 Å². The van der Waals surface area contributed by atoms with Gasteiger partial charge < -0.3 is 0 Å². The molecule has 0 saturated heterocycles. The lowest BCUT2D eigenvalue weighted by Crippen LogP contribution is -2.13. The number of amides is 1. The second kappa shape index (κ2) is 6.85. The van der Waals surface area contributed by atoms with Gasteiger partial charge in [-0.25, -0.2) is 13.8 Å². The van der Waals surface area contributed by atoms with E-state index < -0.39 is 17.3 Å². The number of nitrogens with zero attached hydrogens (tertiary/aromatic N) is 3. The minimum Gasteiger partial charge on any atom is -0.296 e.